The van der Waals surface area contributed by atoms with Crippen molar-refractivity contribution in [2.75, 3.05) is 20.2 Å². The fraction of sp³-hybridized carbons (Fsp3) is 0.650. The van der Waals surface area contributed by atoms with Crippen molar-refractivity contribution in [1.29, 1.82) is 0 Å². The second kappa shape index (κ2) is 8.52. The quantitative estimate of drug-likeness (QED) is 0.809. The Morgan fingerprint density at radius 2 is 2.00 bits per heavy atom. The summed E-state index contributed by atoms with van der Waals surface area (Å²) in [4.78, 5) is 14.7. The zero-order chi connectivity index (χ0) is 16.8. The van der Waals surface area contributed by atoms with Gasteiger partial charge in [-0.15, -0.1) is 0 Å². The van der Waals surface area contributed by atoms with Crippen LogP contribution in [0.2, 0.25) is 0 Å². The highest BCUT2D eigenvalue weighted by Gasteiger charge is 2.29. The first-order valence-corrected chi connectivity index (χ1v) is 9.43. The molecule has 1 N–H and O–H groups in total. The molecule has 1 heterocycles. The van der Waals surface area contributed by atoms with E-state index in [9.17, 15) is 4.79 Å². The summed E-state index contributed by atoms with van der Waals surface area (Å²) in [6.07, 6.45) is 9.24. The molecule has 1 saturated heterocycles. The van der Waals surface area contributed by atoms with Gasteiger partial charge in [0.25, 0.3) is 0 Å². The third-order valence-corrected chi connectivity index (χ3v) is 5.46. The van der Waals surface area contributed by atoms with E-state index in [0.717, 1.165) is 38.1 Å². The van der Waals surface area contributed by atoms with Crippen molar-refractivity contribution in [3.05, 3.63) is 29.8 Å². The Morgan fingerprint density at radius 3 is 2.67 bits per heavy atom. The number of nitrogens with zero attached hydrogens (tertiary/aromatic N) is 1. The Morgan fingerprint density at radius 1 is 1.21 bits per heavy atom. The second-order valence-electron chi connectivity index (χ2n) is 7.12. The van der Waals surface area contributed by atoms with E-state index in [1.807, 2.05) is 12.1 Å². The molecule has 1 amide bonds. The molecule has 1 aliphatic carbocycles. The lowest BCUT2D eigenvalue weighted by Crippen LogP contribution is -2.43. The molecule has 4 nitrogen and oxygen atoms in total. The Balaban J connectivity index is 1.45. The summed E-state index contributed by atoms with van der Waals surface area (Å²) in [5.41, 5.74) is 1.30. The fourth-order valence-electron chi connectivity index (χ4n) is 3.90. The van der Waals surface area contributed by atoms with E-state index in [2.05, 4.69) is 22.3 Å². The van der Waals surface area contributed by atoms with Crippen LogP contribution in [-0.2, 0) is 4.79 Å². The average Bonchev–Trinajstić information content (AvgIpc) is 2.83. The molecule has 1 atom stereocenters. The molecule has 0 unspecified atom stereocenters. The molecule has 132 valence electrons. The van der Waals surface area contributed by atoms with Crippen LogP contribution in [0.1, 0.15) is 63.0 Å². The maximum Gasteiger partial charge on any atom is 0.221 e. The van der Waals surface area contributed by atoms with E-state index < -0.39 is 0 Å². The van der Waals surface area contributed by atoms with Crippen LogP contribution in [0.25, 0.3) is 0 Å². The van der Waals surface area contributed by atoms with Crippen LogP contribution in [0.3, 0.4) is 0 Å². The first-order chi connectivity index (χ1) is 11.8. The van der Waals surface area contributed by atoms with Crippen LogP contribution in [0.4, 0.5) is 0 Å². The zero-order valence-electron chi connectivity index (χ0n) is 14.8. The number of ether oxygens (including phenoxy) is 1. The van der Waals surface area contributed by atoms with E-state index in [1.165, 1.54) is 31.2 Å². The van der Waals surface area contributed by atoms with E-state index in [1.54, 1.807) is 7.11 Å². The highest BCUT2D eigenvalue weighted by atomic mass is 16.5. The molecule has 1 aromatic rings. The number of hydrogen-bond acceptors (Lipinski definition) is 3. The van der Waals surface area contributed by atoms with Crippen LogP contribution in [0.5, 0.6) is 5.75 Å². The molecule has 3 rings (SSSR count). The highest BCUT2D eigenvalue weighted by Crippen LogP contribution is 2.34. The van der Waals surface area contributed by atoms with Gasteiger partial charge in [0.1, 0.15) is 5.75 Å². The van der Waals surface area contributed by atoms with Crippen LogP contribution < -0.4 is 10.1 Å². The SMILES string of the molecule is COc1cccc([C@@H]2CCN2CCC(=O)NC2CCCCCC2)c1. The van der Waals surface area contributed by atoms with Crippen molar-refractivity contribution in [1.82, 2.24) is 10.2 Å². The maximum absolute atomic E-state index is 12.3. The predicted octanol–water partition coefficient (Wildman–Crippen LogP) is 3.67. The third-order valence-electron chi connectivity index (χ3n) is 5.46. The summed E-state index contributed by atoms with van der Waals surface area (Å²) in [5, 5.41) is 3.25. The van der Waals surface area contributed by atoms with Crippen molar-refractivity contribution >= 4 is 5.91 Å². The summed E-state index contributed by atoms with van der Waals surface area (Å²) in [6, 6.07) is 9.14. The summed E-state index contributed by atoms with van der Waals surface area (Å²) in [5.74, 6) is 1.13. The molecule has 0 spiro atoms. The average molecular weight is 330 g/mol. The Labute approximate surface area is 145 Å². The van der Waals surface area contributed by atoms with Gasteiger partial charge in [-0.3, -0.25) is 9.69 Å². The minimum atomic E-state index is 0.221. The van der Waals surface area contributed by atoms with Crippen molar-refractivity contribution in [3.63, 3.8) is 0 Å². The molecule has 1 saturated carbocycles. The number of carbonyl (C=O) groups is 1. The minimum absolute atomic E-state index is 0.221. The molecular weight excluding hydrogens is 300 g/mol. The molecule has 1 aromatic carbocycles. The fourth-order valence-corrected chi connectivity index (χ4v) is 3.90. The largest absolute Gasteiger partial charge is 0.497 e. The maximum atomic E-state index is 12.3. The molecule has 2 fully saturated rings. The predicted molar refractivity (Wildman–Crippen MR) is 96.2 cm³/mol. The van der Waals surface area contributed by atoms with E-state index in [0.29, 0.717) is 18.5 Å². The Kier molecular flexibility index (Phi) is 6.13. The van der Waals surface area contributed by atoms with Gasteiger partial charge < -0.3 is 10.1 Å². The number of carbonyl (C=O) groups excluding carboxylic acids is 1. The molecule has 1 aliphatic heterocycles. The van der Waals surface area contributed by atoms with Crippen LogP contribution in [-0.4, -0.2) is 37.0 Å². The van der Waals surface area contributed by atoms with Gasteiger partial charge in [0.2, 0.25) is 5.91 Å². The number of likely N-dealkylation sites (tertiary alicyclic amines) is 1. The van der Waals surface area contributed by atoms with Crippen LogP contribution in [0, 0.1) is 0 Å². The molecule has 2 aliphatic rings. The van der Waals surface area contributed by atoms with E-state index >= 15 is 0 Å². The first-order valence-electron chi connectivity index (χ1n) is 9.43. The van der Waals surface area contributed by atoms with E-state index in [-0.39, 0.29) is 5.91 Å². The number of amides is 1. The topological polar surface area (TPSA) is 41.6 Å². The summed E-state index contributed by atoms with van der Waals surface area (Å²) >= 11 is 0. The lowest BCUT2D eigenvalue weighted by atomic mass is 9.94. The van der Waals surface area contributed by atoms with Crippen molar-refractivity contribution in [2.45, 2.75) is 63.5 Å². The van der Waals surface area contributed by atoms with Crippen LogP contribution in [0.15, 0.2) is 24.3 Å². The normalized spacial score (nSPS) is 22.5. The van der Waals surface area contributed by atoms with Gasteiger partial charge in [-0.1, -0.05) is 37.8 Å². The number of rotatable bonds is 6. The minimum Gasteiger partial charge on any atom is -0.497 e. The monoisotopic (exact) mass is 330 g/mol. The molecule has 0 bridgehead atoms. The smallest absolute Gasteiger partial charge is 0.221 e. The van der Waals surface area contributed by atoms with Gasteiger partial charge in [-0.25, -0.2) is 0 Å². The molecule has 0 aromatic heterocycles. The zero-order valence-corrected chi connectivity index (χ0v) is 14.8. The summed E-state index contributed by atoms with van der Waals surface area (Å²) in [7, 11) is 1.70. The van der Waals surface area contributed by atoms with Gasteiger partial charge in [0.15, 0.2) is 0 Å². The summed E-state index contributed by atoms with van der Waals surface area (Å²) < 4.78 is 5.32. The van der Waals surface area contributed by atoms with Gasteiger partial charge in [0.05, 0.1) is 7.11 Å². The van der Waals surface area contributed by atoms with Crippen LogP contribution >= 0.6 is 0 Å². The molecule has 24 heavy (non-hydrogen) atoms. The van der Waals surface area contributed by atoms with Crippen molar-refractivity contribution < 1.29 is 9.53 Å². The lowest BCUT2D eigenvalue weighted by molar-refractivity contribution is -0.122. The van der Waals surface area contributed by atoms with Gasteiger partial charge >= 0.3 is 0 Å². The summed E-state index contributed by atoms with van der Waals surface area (Å²) in [6.45, 7) is 1.93. The lowest BCUT2D eigenvalue weighted by Gasteiger charge is -2.41. The number of methoxy groups -OCH3 is 1. The molecule has 4 heteroatoms. The second-order valence-corrected chi connectivity index (χ2v) is 7.12. The third kappa shape index (κ3) is 4.50. The molecular formula is C20H30N2O2. The number of hydrogen-bond donors (Lipinski definition) is 1. The van der Waals surface area contributed by atoms with Crippen molar-refractivity contribution in [3.8, 4) is 5.75 Å². The van der Waals surface area contributed by atoms with Crippen molar-refractivity contribution in [2.24, 2.45) is 0 Å². The Bertz CT molecular complexity index is 538. The first kappa shape index (κ1) is 17.3. The van der Waals surface area contributed by atoms with Gasteiger partial charge in [0, 0.05) is 31.6 Å². The standard InChI is InChI=1S/C20H30N2O2/c1-24-18-10-6-7-16(15-18)19-11-13-22(19)14-12-20(23)21-17-8-4-2-3-5-9-17/h6-7,10,15,17,19H,2-5,8-9,11-14H2,1H3,(H,21,23)/t19-/m0/s1. The van der Waals surface area contributed by atoms with E-state index in [4.69, 9.17) is 4.74 Å². The number of nitrogens with one attached hydrogen (secondary N) is 1. The highest BCUT2D eigenvalue weighted by molar-refractivity contribution is 5.76. The number of benzene rings is 1. The van der Waals surface area contributed by atoms with Gasteiger partial charge in [-0.05, 0) is 37.0 Å². The van der Waals surface area contributed by atoms with Gasteiger partial charge in [-0.2, -0.15) is 0 Å². The molecule has 0 radical (unpaired) electrons. The Hall–Kier alpha value is -1.55.